The molecule has 0 radical (unpaired) electrons. The first kappa shape index (κ1) is 17.5. The summed E-state index contributed by atoms with van der Waals surface area (Å²) >= 11 is 13.7. The fourth-order valence-corrected chi connectivity index (χ4v) is 3.69. The number of hydrogen-bond donors (Lipinski definition) is 0. The predicted molar refractivity (Wildman–Crippen MR) is 101 cm³/mol. The maximum absolute atomic E-state index is 6.32. The summed E-state index contributed by atoms with van der Waals surface area (Å²) in [5.74, 6) is 2.34. The average molecular weight is 409 g/mol. The van der Waals surface area contributed by atoms with E-state index in [-0.39, 0.29) is 0 Å². The van der Waals surface area contributed by atoms with Gasteiger partial charge in [0, 0.05) is 22.8 Å². The molecule has 2 heterocycles. The van der Waals surface area contributed by atoms with E-state index in [1.54, 1.807) is 12.1 Å². The second kappa shape index (κ2) is 7.78. The maximum Gasteiger partial charge on any atom is 0.277 e. The largest absolute Gasteiger partial charge is 0.489 e. The molecule has 0 fully saturated rings. The first-order valence-electron chi connectivity index (χ1n) is 7.99. The third-order valence-electron chi connectivity index (χ3n) is 3.70. The van der Waals surface area contributed by atoms with Crippen molar-refractivity contribution in [3.05, 3.63) is 52.0 Å². The number of thioether (sulfide) groups is 1. The van der Waals surface area contributed by atoms with Gasteiger partial charge in [0.05, 0.1) is 18.2 Å². The Hall–Kier alpha value is -1.89. The minimum Gasteiger partial charge on any atom is -0.489 e. The van der Waals surface area contributed by atoms with Crippen LogP contribution in [0.1, 0.15) is 12.0 Å². The van der Waals surface area contributed by atoms with E-state index < -0.39 is 0 Å². The third kappa shape index (κ3) is 3.92. The lowest BCUT2D eigenvalue weighted by atomic mass is 10.2. The van der Waals surface area contributed by atoms with E-state index in [0.29, 0.717) is 51.6 Å². The first-order valence-corrected chi connectivity index (χ1v) is 9.73. The van der Waals surface area contributed by atoms with Gasteiger partial charge in [-0.1, -0.05) is 41.0 Å². The number of benzene rings is 2. The minimum atomic E-state index is 0.437. The molecular formula is C18H14Cl2N2O3S. The number of ether oxygens (including phenoxy) is 2. The summed E-state index contributed by atoms with van der Waals surface area (Å²) in [6.07, 6.45) is 0.837. The van der Waals surface area contributed by atoms with Crippen molar-refractivity contribution in [1.29, 1.82) is 0 Å². The molecule has 0 saturated heterocycles. The molecule has 0 atom stereocenters. The molecule has 5 nitrogen and oxygen atoms in total. The van der Waals surface area contributed by atoms with Crippen molar-refractivity contribution in [2.75, 3.05) is 13.2 Å². The Labute approximate surface area is 164 Å². The lowest BCUT2D eigenvalue weighted by molar-refractivity contribution is 0.297. The zero-order valence-corrected chi connectivity index (χ0v) is 15.9. The van der Waals surface area contributed by atoms with Gasteiger partial charge in [0.25, 0.3) is 5.22 Å². The smallest absolute Gasteiger partial charge is 0.277 e. The molecule has 4 rings (SSSR count). The second-order valence-electron chi connectivity index (χ2n) is 5.63. The van der Waals surface area contributed by atoms with Crippen molar-refractivity contribution in [2.45, 2.75) is 17.4 Å². The number of nitrogens with zero attached hydrogens (tertiary/aromatic N) is 2. The van der Waals surface area contributed by atoms with Crippen LogP contribution in [0.3, 0.4) is 0 Å². The molecule has 0 saturated carbocycles. The number of rotatable bonds is 4. The van der Waals surface area contributed by atoms with Crippen molar-refractivity contribution < 1.29 is 13.9 Å². The normalized spacial score (nSPS) is 13.5. The van der Waals surface area contributed by atoms with Crippen LogP contribution in [-0.4, -0.2) is 23.4 Å². The lowest BCUT2D eigenvalue weighted by Crippen LogP contribution is -1.97. The van der Waals surface area contributed by atoms with E-state index >= 15 is 0 Å². The molecule has 0 N–H and O–H groups in total. The summed E-state index contributed by atoms with van der Waals surface area (Å²) in [6.45, 7) is 1.22. The van der Waals surface area contributed by atoms with Crippen molar-refractivity contribution in [3.63, 3.8) is 0 Å². The summed E-state index contributed by atoms with van der Waals surface area (Å²) in [6, 6.07) is 11.1. The minimum absolute atomic E-state index is 0.437. The molecule has 0 spiro atoms. The lowest BCUT2D eigenvalue weighted by Gasteiger charge is -2.10. The fourth-order valence-electron chi connectivity index (χ4n) is 2.52. The van der Waals surface area contributed by atoms with E-state index in [1.165, 1.54) is 11.8 Å². The number of halogens is 2. The van der Waals surface area contributed by atoms with Gasteiger partial charge in [-0.2, -0.15) is 0 Å². The monoisotopic (exact) mass is 408 g/mol. The van der Waals surface area contributed by atoms with Crippen LogP contribution in [0.5, 0.6) is 11.5 Å². The van der Waals surface area contributed by atoms with E-state index in [4.69, 9.17) is 37.1 Å². The first-order chi connectivity index (χ1) is 12.7. The summed E-state index contributed by atoms with van der Waals surface area (Å²) in [5.41, 5.74) is 1.78. The molecule has 1 aliphatic rings. The van der Waals surface area contributed by atoms with Gasteiger partial charge in [-0.15, -0.1) is 10.2 Å². The molecule has 1 aromatic heterocycles. The highest BCUT2D eigenvalue weighted by atomic mass is 35.5. The molecule has 2 aromatic carbocycles. The number of hydrogen-bond acceptors (Lipinski definition) is 6. The Morgan fingerprint density at radius 3 is 2.81 bits per heavy atom. The fraction of sp³-hybridized carbons (Fsp3) is 0.222. The quantitative estimate of drug-likeness (QED) is 0.531. The van der Waals surface area contributed by atoms with Crippen molar-refractivity contribution in [3.8, 4) is 23.0 Å². The molecule has 0 bridgehead atoms. The van der Waals surface area contributed by atoms with Crippen LogP contribution in [-0.2, 0) is 5.75 Å². The van der Waals surface area contributed by atoms with E-state index in [1.807, 2.05) is 24.3 Å². The van der Waals surface area contributed by atoms with Gasteiger partial charge >= 0.3 is 0 Å². The van der Waals surface area contributed by atoms with Crippen LogP contribution in [0.4, 0.5) is 0 Å². The van der Waals surface area contributed by atoms with Crippen molar-refractivity contribution in [2.24, 2.45) is 0 Å². The molecule has 0 unspecified atom stereocenters. The Kier molecular flexibility index (Phi) is 5.24. The Balaban J connectivity index is 1.48. The van der Waals surface area contributed by atoms with E-state index in [9.17, 15) is 0 Å². The highest BCUT2D eigenvalue weighted by molar-refractivity contribution is 7.98. The molecule has 8 heteroatoms. The number of aromatic nitrogens is 2. The second-order valence-corrected chi connectivity index (χ2v) is 7.40. The third-order valence-corrected chi connectivity index (χ3v) is 5.11. The maximum atomic E-state index is 6.32. The van der Waals surface area contributed by atoms with Crippen LogP contribution in [0.2, 0.25) is 10.0 Å². The van der Waals surface area contributed by atoms with Crippen molar-refractivity contribution in [1.82, 2.24) is 10.2 Å². The zero-order valence-electron chi connectivity index (χ0n) is 13.6. The summed E-state index contributed by atoms with van der Waals surface area (Å²) < 4.78 is 17.1. The SMILES string of the molecule is Clc1cccc(-c2nnc(SCc3cc(Cl)c4c(c3)OCCCO4)o2)c1. The van der Waals surface area contributed by atoms with Gasteiger partial charge in [-0.25, -0.2) is 0 Å². The van der Waals surface area contributed by atoms with Gasteiger partial charge in [-0.3, -0.25) is 0 Å². The highest BCUT2D eigenvalue weighted by Crippen LogP contribution is 2.39. The highest BCUT2D eigenvalue weighted by Gasteiger charge is 2.16. The molecule has 0 aliphatic carbocycles. The zero-order chi connectivity index (χ0) is 17.9. The van der Waals surface area contributed by atoms with Gasteiger partial charge in [0.2, 0.25) is 5.89 Å². The van der Waals surface area contributed by atoms with Crippen LogP contribution in [0, 0.1) is 0 Å². The molecule has 26 heavy (non-hydrogen) atoms. The van der Waals surface area contributed by atoms with E-state index in [2.05, 4.69) is 10.2 Å². The molecule has 0 amide bonds. The topological polar surface area (TPSA) is 57.4 Å². The van der Waals surface area contributed by atoms with Gasteiger partial charge in [-0.05, 0) is 35.9 Å². The molecule has 134 valence electrons. The van der Waals surface area contributed by atoms with E-state index in [0.717, 1.165) is 17.5 Å². The standard InChI is InChI=1S/C18H14Cl2N2O3S/c19-13-4-1-3-12(9-13)17-21-22-18(25-17)26-10-11-7-14(20)16-15(8-11)23-5-2-6-24-16/h1,3-4,7-9H,2,5-6,10H2. The number of fused-ring (bicyclic) bond motifs is 1. The molecular weight excluding hydrogens is 395 g/mol. The summed E-state index contributed by atoms with van der Waals surface area (Å²) in [4.78, 5) is 0. The van der Waals surface area contributed by atoms with Gasteiger partial charge in [0.1, 0.15) is 0 Å². The summed E-state index contributed by atoms with van der Waals surface area (Å²) in [5, 5.41) is 9.79. The Morgan fingerprint density at radius 1 is 1.04 bits per heavy atom. The molecule has 1 aliphatic heterocycles. The molecule has 3 aromatic rings. The van der Waals surface area contributed by atoms with Crippen molar-refractivity contribution >= 4 is 35.0 Å². The summed E-state index contributed by atoms with van der Waals surface area (Å²) in [7, 11) is 0. The van der Waals surface area contributed by atoms with Crippen LogP contribution in [0.25, 0.3) is 11.5 Å². The van der Waals surface area contributed by atoms with Crippen LogP contribution >= 0.6 is 35.0 Å². The van der Waals surface area contributed by atoms with Crippen LogP contribution in [0.15, 0.2) is 46.0 Å². The van der Waals surface area contributed by atoms with Gasteiger partial charge in [0.15, 0.2) is 11.5 Å². The predicted octanol–water partition coefficient (Wildman–Crippen LogP) is 5.50. The Morgan fingerprint density at radius 2 is 1.92 bits per heavy atom. The van der Waals surface area contributed by atoms with Crippen LogP contribution < -0.4 is 9.47 Å². The van der Waals surface area contributed by atoms with Gasteiger partial charge < -0.3 is 13.9 Å². The average Bonchev–Trinajstić information content (AvgIpc) is 2.98. The Bertz CT molecular complexity index is 933.